The number of hydrogen-bond donors (Lipinski definition) is 2. The third-order valence-corrected chi connectivity index (χ3v) is 4.78. The monoisotopic (exact) mass is 406 g/mol. The summed E-state index contributed by atoms with van der Waals surface area (Å²) < 4.78 is 15.0. The summed E-state index contributed by atoms with van der Waals surface area (Å²) in [7, 11) is 1.50. The Morgan fingerprint density at radius 1 is 1.00 bits per heavy atom. The first-order chi connectivity index (χ1) is 13.5. The van der Waals surface area contributed by atoms with Gasteiger partial charge in [0.1, 0.15) is 16.5 Å². The number of para-hydroxylation sites is 1. The van der Waals surface area contributed by atoms with Gasteiger partial charge in [0.05, 0.1) is 18.8 Å². The first-order valence-electron chi connectivity index (χ1n) is 8.57. The molecule has 28 heavy (non-hydrogen) atoms. The highest BCUT2D eigenvalue weighted by atomic mass is 32.1. The Balaban J connectivity index is 2.25. The van der Waals surface area contributed by atoms with Crippen LogP contribution in [-0.2, 0) is 14.2 Å². The average Bonchev–Trinajstić information content (AvgIpc) is 2.98. The van der Waals surface area contributed by atoms with Crippen LogP contribution in [0.15, 0.2) is 30.3 Å². The number of nitrogens with one attached hydrogen (secondary N) is 2. The third kappa shape index (κ3) is 5.54. The van der Waals surface area contributed by atoms with E-state index in [9.17, 15) is 14.4 Å². The molecule has 150 valence electrons. The molecule has 0 atom stereocenters. The van der Waals surface area contributed by atoms with Gasteiger partial charge in [0.15, 0.2) is 0 Å². The fourth-order valence-electron chi connectivity index (χ4n) is 2.32. The number of ether oxygens (including phenoxy) is 3. The van der Waals surface area contributed by atoms with Gasteiger partial charge < -0.3 is 19.5 Å². The van der Waals surface area contributed by atoms with Crippen molar-refractivity contribution in [3.8, 4) is 0 Å². The summed E-state index contributed by atoms with van der Waals surface area (Å²) in [5.74, 6) is -1.22. The van der Waals surface area contributed by atoms with Crippen molar-refractivity contribution in [1.82, 2.24) is 0 Å². The summed E-state index contributed by atoms with van der Waals surface area (Å²) in [6.45, 7) is 3.78. The SMILES string of the molecule is CCOC(=O)c1c(NC(=O)Nc2ccccc2)sc(C(=O)OCCOC)c1C. The van der Waals surface area contributed by atoms with Crippen LogP contribution in [0.5, 0.6) is 0 Å². The lowest BCUT2D eigenvalue weighted by Crippen LogP contribution is -2.20. The predicted octanol–water partition coefficient (Wildman–Crippen LogP) is 3.68. The van der Waals surface area contributed by atoms with Crippen LogP contribution in [0.3, 0.4) is 0 Å². The van der Waals surface area contributed by atoms with E-state index >= 15 is 0 Å². The van der Waals surface area contributed by atoms with Crippen LogP contribution < -0.4 is 10.6 Å². The van der Waals surface area contributed by atoms with E-state index in [4.69, 9.17) is 14.2 Å². The lowest BCUT2D eigenvalue weighted by atomic mass is 10.1. The van der Waals surface area contributed by atoms with Gasteiger partial charge >= 0.3 is 18.0 Å². The van der Waals surface area contributed by atoms with Crippen LogP contribution in [0, 0.1) is 6.92 Å². The molecule has 0 spiro atoms. The van der Waals surface area contributed by atoms with Gasteiger partial charge in [0.2, 0.25) is 0 Å². The van der Waals surface area contributed by atoms with Gasteiger partial charge in [0.25, 0.3) is 0 Å². The maximum absolute atomic E-state index is 12.4. The molecule has 0 saturated carbocycles. The van der Waals surface area contributed by atoms with E-state index in [1.54, 1.807) is 38.1 Å². The Hall–Kier alpha value is -2.91. The highest BCUT2D eigenvalue weighted by Gasteiger charge is 2.27. The largest absolute Gasteiger partial charge is 0.462 e. The number of urea groups is 1. The molecule has 2 N–H and O–H groups in total. The van der Waals surface area contributed by atoms with Crippen molar-refractivity contribution in [3.05, 3.63) is 46.3 Å². The fourth-order valence-corrected chi connectivity index (χ4v) is 3.40. The number of benzene rings is 1. The number of anilines is 2. The number of carbonyl (C=O) groups excluding carboxylic acids is 3. The maximum Gasteiger partial charge on any atom is 0.348 e. The molecule has 0 fully saturated rings. The van der Waals surface area contributed by atoms with Crippen molar-refractivity contribution < 1.29 is 28.6 Å². The fraction of sp³-hybridized carbons (Fsp3) is 0.316. The minimum Gasteiger partial charge on any atom is -0.462 e. The summed E-state index contributed by atoms with van der Waals surface area (Å²) >= 11 is 0.957. The molecule has 9 heteroatoms. The van der Waals surface area contributed by atoms with Gasteiger partial charge in [-0.15, -0.1) is 11.3 Å². The molecule has 0 bridgehead atoms. The van der Waals surface area contributed by atoms with Crippen LogP contribution in [0.4, 0.5) is 15.5 Å². The number of methoxy groups -OCH3 is 1. The van der Waals surface area contributed by atoms with Gasteiger partial charge in [-0.2, -0.15) is 0 Å². The average molecular weight is 406 g/mol. The molecular formula is C19H22N2O6S. The van der Waals surface area contributed by atoms with Gasteiger partial charge in [-0.1, -0.05) is 18.2 Å². The van der Waals surface area contributed by atoms with E-state index in [0.717, 1.165) is 11.3 Å². The van der Waals surface area contributed by atoms with Crippen LogP contribution in [0.2, 0.25) is 0 Å². The highest BCUT2D eigenvalue weighted by molar-refractivity contribution is 7.18. The van der Waals surface area contributed by atoms with E-state index < -0.39 is 18.0 Å². The number of amides is 2. The summed E-state index contributed by atoms with van der Waals surface area (Å²) in [5.41, 5.74) is 1.11. The Kier molecular flexibility index (Phi) is 7.97. The molecule has 1 aromatic heterocycles. The van der Waals surface area contributed by atoms with E-state index in [2.05, 4.69) is 10.6 Å². The first-order valence-corrected chi connectivity index (χ1v) is 9.39. The van der Waals surface area contributed by atoms with Crippen molar-refractivity contribution in [2.75, 3.05) is 37.6 Å². The second-order valence-electron chi connectivity index (χ2n) is 5.55. The van der Waals surface area contributed by atoms with Crippen LogP contribution in [0.25, 0.3) is 0 Å². The smallest absolute Gasteiger partial charge is 0.348 e. The summed E-state index contributed by atoms with van der Waals surface area (Å²) in [6.07, 6.45) is 0. The molecule has 0 aliphatic rings. The number of thiophene rings is 1. The summed E-state index contributed by atoms with van der Waals surface area (Å²) in [4.78, 5) is 37.2. The second-order valence-corrected chi connectivity index (χ2v) is 6.58. The van der Waals surface area contributed by atoms with Crippen LogP contribution in [-0.4, -0.2) is 44.9 Å². The molecule has 0 aliphatic carbocycles. The molecule has 2 rings (SSSR count). The summed E-state index contributed by atoms with van der Waals surface area (Å²) in [5, 5.41) is 5.49. The van der Waals surface area contributed by atoms with E-state index in [0.29, 0.717) is 11.3 Å². The minimum atomic E-state index is -0.623. The predicted molar refractivity (Wildman–Crippen MR) is 106 cm³/mol. The number of carbonyl (C=O) groups is 3. The van der Waals surface area contributed by atoms with Crippen molar-refractivity contribution in [2.24, 2.45) is 0 Å². The van der Waals surface area contributed by atoms with Crippen molar-refractivity contribution in [1.29, 1.82) is 0 Å². The Morgan fingerprint density at radius 3 is 2.36 bits per heavy atom. The van der Waals surface area contributed by atoms with Crippen molar-refractivity contribution >= 4 is 40.0 Å². The van der Waals surface area contributed by atoms with E-state index in [1.807, 2.05) is 6.07 Å². The van der Waals surface area contributed by atoms with Crippen LogP contribution >= 0.6 is 11.3 Å². The highest BCUT2D eigenvalue weighted by Crippen LogP contribution is 2.34. The van der Waals surface area contributed by atoms with Gasteiger partial charge in [-0.3, -0.25) is 5.32 Å². The zero-order valence-electron chi connectivity index (χ0n) is 15.9. The molecule has 1 aromatic carbocycles. The van der Waals surface area contributed by atoms with Gasteiger partial charge in [-0.25, -0.2) is 14.4 Å². The molecule has 2 aromatic rings. The normalized spacial score (nSPS) is 10.2. The Labute approximate surface area is 166 Å². The topological polar surface area (TPSA) is 103 Å². The molecule has 0 aliphatic heterocycles. The van der Waals surface area contributed by atoms with E-state index in [-0.39, 0.29) is 35.3 Å². The number of esters is 2. The Morgan fingerprint density at radius 2 is 1.71 bits per heavy atom. The number of hydrogen-bond acceptors (Lipinski definition) is 7. The second kappa shape index (κ2) is 10.4. The third-order valence-electron chi connectivity index (χ3n) is 3.59. The van der Waals surface area contributed by atoms with Gasteiger partial charge in [0, 0.05) is 12.8 Å². The quantitative estimate of drug-likeness (QED) is 0.512. The van der Waals surface area contributed by atoms with Crippen molar-refractivity contribution in [2.45, 2.75) is 13.8 Å². The lowest BCUT2D eigenvalue weighted by molar-refractivity contribution is 0.0392. The molecule has 8 nitrogen and oxygen atoms in total. The number of rotatable bonds is 8. The maximum atomic E-state index is 12.4. The lowest BCUT2D eigenvalue weighted by Gasteiger charge is -2.08. The molecule has 0 radical (unpaired) electrons. The first kappa shape index (κ1) is 21.4. The minimum absolute atomic E-state index is 0.0820. The zero-order chi connectivity index (χ0) is 20.5. The van der Waals surface area contributed by atoms with Crippen LogP contribution in [0.1, 0.15) is 32.5 Å². The molecule has 1 heterocycles. The van der Waals surface area contributed by atoms with Crippen molar-refractivity contribution in [3.63, 3.8) is 0 Å². The van der Waals surface area contributed by atoms with E-state index in [1.165, 1.54) is 7.11 Å². The summed E-state index contributed by atoms with van der Waals surface area (Å²) in [6, 6.07) is 8.30. The Bertz CT molecular complexity index is 834. The van der Waals surface area contributed by atoms with Gasteiger partial charge in [-0.05, 0) is 31.5 Å². The molecule has 0 saturated heterocycles. The zero-order valence-corrected chi connectivity index (χ0v) is 16.7. The standard InChI is InChI=1S/C19H22N2O6S/c1-4-26-17(22)14-12(2)15(18(23)27-11-10-25-3)28-16(14)21-19(24)20-13-8-6-5-7-9-13/h5-9H,4,10-11H2,1-3H3,(H2,20,21,24). The molecule has 2 amide bonds. The molecule has 0 unspecified atom stereocenters. The molecular weight excluding hydrogens is 384 g/mol.